The third kappa shape index (κ3) is 7.62. The van der Waals surface area contributed by atoms with Crippen LogP contribution in [0.4, 0.5) is 13.2 Å². The van der Waals surface area contributed by atoms with Gasteiger partial charge in [-0.3, -0.25) is 4.79 Å². The molecule has 0 saturated carbocycles. The zero-order chi connectivity index (χ0) is 22.1. The molecule has 2 aromatic rings. The zero-order valence-corrected chi connectivity index (χ0v) is 17.3. The summed E-state index contributed by atoms with van der Waals surface area (Å²) in [6.45, 7) is 3.40. The SMILES string of the molecule is CCOC(=O)COc1ccc(SCC(=O)COc2ccc(C(F)(F)F)cc2)cc1C. The summed E-state index contributed by atoms with van der Waals surface area (Å²) < 4.78 is 53.1. The second kappa shape index (κ2) is 10.9. The number of hydrogen-bond donors (Lipinski definition) is 0. The molecule has 0 amide bonds. The first kappa shape index (κ1) is 23.6. The summed E-state index contributed by atoms with van der Waals surface area (Å²) >= 11 is 1.30. The molecule has 0 atom stereocenters. The van der Waals surface area contributed by atoms with Gasteiger partial charge in [0.1, 0.15) is 18.1 Å². The second-order valence-electron chi connectivity index (χ2n) is 6.16. The zero-order valence-electron chi connectivity index (χ0n) is 16.5. The lowest BCUT2D eigenvalue weighted by Gasteiger charge is -2.10. The van der Waals surface area contributed by atoms with E-state index in [0.717, 1.165) is 22.6 Å². The summed E-state index contributed by atoms with van der Waals surface area (Å²) in [6.07, 6.45) is -4.41. The molecule has 5 nitrogen and oxygen atoms in total. The molecule has 0 aromatic heterocycles. The lowest BCUT2D eigenvalue weighted by Crippen LogP contribution is -2.15. The number of benzene rings is 2. The van der Waals surface area contributed by atoms with Gasteiger partial charge in [-0.25, -0.2) is 4.79 Å². The van der Waals surface area contributed by atoms with Crippen molar-refractivity contribution in [1.29, 1.82) is 0 Å². The molecule has 0 unspecified atom stereocenters. The van der Waals surface area contributed by atoms with Crippen LogP contribution in [-0.4, -0.2) is 37.3 Å². The van der Waals surface area contributed by atoms with Crippen LogP contribution in [0.5, 0.6) is 11.5 Å². The van der Waals surface area contributed by atoms with Crippen molar-refractivity contribution >= 4 is 23.5 Å². The summed E-state index contributed by atoms with van der Waals surface area (Å²) in [5.41, 5.74) is 0.0273. The number of esters is 1. The largest absolute Gasteiger partial charge is 0.486 e. The molecule has 0 bridgehead atoms. The summed E-state index contributed by atoms with van der Waals surface area (Å²) in [6, 6.07) is 9.48. The number of carbonyl (C=O) groups excluding carboxylic acids is 2. The van der Waals surface area contributed by atoms with Gasteiger partial charge in [-0.15, -0.1) is 11.8 Å². The number of ether oxygens (including phenoxy) is 3. The molecule has 2 rings (SSSR count). The van der Waals surface area contributed by atoms with Crippen LogP contribution in [-0.2, 0) is 20.5 Å². The number of alkyl halides is 3. The lowest BCUT2D eigenvalue weighted by molar-refractivity contribution is -0.145. The highest BCUT2D eigenvalue weighted by atomic mass is 32.2. The van der Waals surface area contributed by atoms with Crippen LogP contribution in [0.2, 0.25) is 0 Å². The smallest absolute Gasteiger partial charge is 0.416 e. The van der Waals surface area contributed by atoms with Gasteiger partial charge in [0.25, 0.3) is 0 Å². The first-order valence-corrected chi connectivity index (χ1v) is 10.0. The second-order valence-corrected chi connectivity index (χ2v) is 7.21. The molecule has 30 heavy (non-hydrogen) atoms. The van der Waals surface area contributed by atoms with E-state index in [0.29, 0.717) is 5.75 Å². The Morgan fingerprint density at radius 3 is 2.30 bits per heavy atom. The van der Waals surface area contributed by atoms with Crippen LogP contribution < -0.4 is 9.47 Å². The molecule has 0 heterocycles. The van der Waals surface area contributed by atoms with E-state index in [1.54, 1.807) is 19.1 Å². The van der Waals surface area contributed by atoms with Gasteiger partial charge in [-0.2, -0.15) is 13.2 Å². The van der Waals surface area contributed by atoms with E-state index in [1.807, 2.05) is 13.0 Å². The highest BCUT2D eigenvalue weighted by Gasteiger charge is 2.30. The minimum absolute atomic E-state index is 0.142. The van der Waals surface area contributed by atoms with E-state index in [4.69, 9.17) is 14.2 Å². The van der Waals surface area contributed by atoms with Gasteiger partial charge >= 0.3 is 12.1 Å². The summed E-state index contributed by atoms with van der Waals surface area (Å²) in [5.74, 6) is 0.224. The lowest BCUT2D eigenvalue weighted by atomic mass is 10.2. The van der Waals surface area contributed by atoms with E-state index in [2.05, 4.69) is 0 Å². The fourth-order valence-electron chi connectivity index (χ4n) is 2.32. The highest BCUT2D eigenvalue weighted by Crippen LogP contribution is 2.30. The first-order chi connectivity index (χ1) is 14.2. The average Bonchev–Trinajstić information content (AvgIpc) is 2.70. The van der Waals surface area contributed by atoms with Crippen LogP contribution in [0.3, 0.4) is 0 Å². The Bertz CT molecular complexity index is 866. The topological polar surface area (TPSA) is 61.8 Å². The maximum absolute atomic E-state index is 12.5. The van der Waals surface area contributed by atoms with Gasteiger partial charge in [0.05, 0.1) is 17.9 Å². The van der Waals surface area contributed by atoms with Crippen molar-refractivity contribution in [2.45, 2.75) is 24.9 Å². The molecule has 2 aromatic carbocycles. The van der Waals surface area contributed by atoms with Crippen LogP contribution in [0, 0.1) is 6.92 Å². The van der Waals surface area contributed by atoms with Gasteiger partial charge in [0.15, 0.2) is 12.4 Å². The van der Waals surface area contributed by atoms with E-state index in [-0.39, 0.29) is 37.1 Å². The van der Waals surface area contributed by atoms with E-state index < -0.39 is 17.7 Å². The van der Waals surface area contributed by atoms with Crippen LogP contribution in [0.25, 0.3) is 0 Å². The molecule has 0 aliphatic rings. The highest BCUT2D eigenvalue weighted by molar-refractivity contribution is 8.00. The number of Topliss-reactive ketones (excluding diaryl/α,β-unsaturated/α-hetero) is 1. The molecule has 0 aliphatic carbocycles. The first-order valence-electron chi connectivity index (χ1n) is 9.02. The van der Waals surface area contributed by atoms with Crippen molar-refractivity contribution in [2.75, 3.05) is 25.6 Å². The molecule has 9 heteroatoms. The number of thioether (sulfide) groups is 1. The quantitative estimate of drug-likeness (QED) is 0.393. The minimum atomic E-state index is -4.41. The molecule has 0 spiro atoms. The molecular weight excluding hydrogens is 421 g/mol. The Morgan fingerprint density at radius 1 is 1.00 bits per heavy atom. The van der Waals surface area contributed by atoms with E-state index >= 15 is 0 Å². The summed E-state index contributed by atoms with van der Waals surface area (Å²) in [5, 5.41) is 0. The minimum Gasteiger partial charge on any atom is -0.486 e. The van der Waals surface area contributed by atoms with Crippen molar-refractivity contribution in [1.82, 2.24) is 0 Å². The normalized spacial score (nSPS) is 11.1. The average molecular weight is 442 g/mol. The third-order valence-corrected chi connectivity index (χ3v) is 4.83. The molecule has 0 radical (unpaired) electrons. The number of aryl methyl sites for hydroxylation is 1. The molecule has 0 N–H and O–H groups in total. The third-order valence-electron chi connectivity index (χ3n) is 3.78. The Balaban J connectivity index is 1.79. The van der Waals surface area contributed by atoms with E-state index in [1.165, 1.54) is 23.9 Å². The van der Waals surface area contributed by atoms with Crippen LogP contribution in [0.15, 0.2) is 47.4 Å². The van der Waals surface area contributed by atoms with Crippen molar-refractivity contribution in [3.05, 3.63) is 53.6 Å². The molecule has 0 saturated heterocycles. The number of rotatable bonds is 10. The van der Waals surface area contributed by atoms with Crippen molar-refractivity contribution in [2.24, 2.45) is 0 Å². The fraction of sp³-hybridized carbons (Fsp3) is 0.333. The Labute approximate surface area is 176 Å². The number of hydrogen-bond acceptors (Lipinski definition) is 6. The summed E-state index contributed by atoms with van der Waals surface area (Å²) in [4.78, 5) is 24.2. The maximum Gasteiger partial charge on any atom is 0.416 e. The van der Waals surface area contributed by atoms with Crippen LogP contribution in [0.1, 0.15) is 18.1 Å². The number of halogens is 3. The maximum atomic E-state index is 12.5. The predicted octanol–water partition coefficient (Wildman–Crippen LogP) is 4.70. The Kier molecular flexibility index (Phi) is 8.58. The van der Waals surface area contributed by atoms with Gasteiger partial charge in [0, 0.05) is 4.90 Å². The number of carbonyl (C=O) groups is 2. The molecule has 0 fully saturated rings. The molecular formula is C21H21F3O5S. The van der Waals surface area contributed by atoms with Crippen molar-refractivity contribution < 1.29 is 37.0 Å². The van der Waals surface area contributed by atoms with Gasteiger partial charge in [-0.1, -0.05) is 0 Å². The van der Waals surface area contributed by atoms with Crippen LogP contribution >= 0.6 is 11.8 Å². The molecule has 162 valence electrons. The van der Waals surface area contributed by atoms with Gasteiger partial charge in [0.2, 0.25) is 0 Å². The Morgan fingerprint density at radius 2 is 1.70 bits per heavy atom. The van der Waals surface area contributed by atoms with Gasteiger partial charge < -0.3 is 14.2 Å². The summed E-state index contributed by atoms with van der Waals surface area (Å²) in [7, 11) is 0. The van der Waals surface area contributed by atoms with Crippen molar-refractivity contribution in [3.8, 4) is 11.5 Å². The van der Waals surface area contributed by atoms with Gasteiger partial charge in [-0.05, 0) is 61.9 Å². The van der Waals surface area contributed by atoms with Crippen molar-refractivity contribution in [3.63, 3.8) is 0 Å². The molecule has 0 aliphatic heterocycles. The monoisotopic (exact) mass is 442 g/mol. The Hall–Kier alpha value is -2.68. The van der Waals surface area contributed by atoms with E-state index in [9.17, 15) is 22.8 Å². The number of ketones is 1. The fourth-order valence-corrected chi connectivity index (χ4v) is 3.16. The predicted molar refractivity (Wildman–Crippen MR) is 106 cm³/mol. The standard InChI is InChI=1S/C21H21F3O5S/c1-3-27-20(26)12-29-19-9-8-18(10-14(19)2)30-13-16(25)11-28-17-6-4-15(5-7-17)21(22,23)24/h4-10H,3,11-13H2,1-2H3.